The highest BCUT2D eigenvalue weighted by molar-refractivity contribution is 9.10. The van der Waals surface area contributed by atoms with Gasteiger partial charge < -0.3 is 10.2 Å². The molecular weight excluding hydrogens is 397 g/mol. The predicted molar refractivity (Wildman–Crippen MR) is 90.6 cm³/mol. The Labute approximate surface area is 149 Å². The summed E-state index contributed by atoms with van der Waals surface area (Å²) < 4.78 is 19.5. The highest BCUT2D eigenvalue weighted by atomic mass is 79.9. The average Bonchev–Trinajstić information content (AvgIpc) is 3.10. The zero-order valence-electron chi connectivity index (χ0n) is 12.8. The monoisotopic (exact) mass is 407 g/mol. The van der Waals surface area contributed by atoms with Gasteiger partial charge in [0.25, 0.3) is 0 Å². The summed E-state index contributed by atoms with van der Waals surface area (Å²) in [4.78, 5) is 27.9. The van der Waals surface area contributed by atoms with E-state index >= 15 is 0 Å². The molecule has 0 aliphatic carbocycles. The Bertz CT molecular complexity index is 920. The Morgan fingerprint density at radius 2 is 2.16 bits per heavy atom. The maximum atomic E-state index is 14.0. The summed E-state index contributed by atoms with van der Waals surface area (Å²) in [6.07, 6.45) is 4.17. The predicted octanol–water partition coefficient (Wildman–Crippen LogP) is 2.39. The number of hydrogen-bond donors (Lipinski definition) is 2. The number of hydrazine groups is 1. The van der Waals surface area contributed by atoms with Gasteiger partial charge in [-0.05, 0) is 28.1 Å². The number of halogens is 2. The van der Waals surface area contributed by atoms with Crippen LogP contribution in [-0.4, -0.2) is 25.8 Å². The molecule has 1 amide bonds. The molecule has 0 fully saturated rings. The molecule has 0 saturated heterocycles. The van der Waals surface area contributed by atoms with Gasteiger partial charge >= 0.3 is 0 Å². The number of oxazole rings is 1. The first kappa shape index (κ1) is 16.8. The normalized spacial score (nSPS) is 10.5. The van der Waals surface area contributed by atoms with Crippen LogP contribution < -0.4 is 16.2 Å². The van der Waals surface area contributed by atoms with E-state index in [1.54, 1.807) is 0 Å². The van der Waals surface area contributed by atoms with Crippen molar-refractivity contribution in [2.24, 2.45) is 0 Å². The topological polar surface area (TPSA) is 123 Å². The van der Waals surface area contributed by atoms with Gasteiger partial charge in [0.05, 0.1) is 10.7 Å². The van der Waals surface area contributed by atoms with E-state index in [4.69, 9.17) is 10.2 Å². The van der Waals surface area contributed by atoms with Crippen LogP contribution in [-0.2, 0) is 4.79 Å². The van der Waals surface area contributed by atoms with E-state index < -0.39 is 11.7 Å². The van der Waals surface area contributed by atoms with Crippen molar-refractivity contribution in [3.8, 4) is 11.6 Å². The number of carbonyl (C=O) groups is 1. The summed E-state index contributed by atoms with van der Waals surface area (Å²) in [5.74, 6) is -1.19. The van der Waals surface area contributed by atoms with Gasteiger partial charge in [0.15, 0.2) is 17.5 Å². The minimum absolute atomic E-state index is 0.0936. The molecule has 3 aromatic rings. The van der Waals surface area contributed by atoms with Crippen molar-refractivity contribution in [2.45, 2.75) is 6.92 Å². The van der Waals surface area contributed by atoms with Crippen molar-refractivity contribution >= 4 is 39.4 Å². The number of amides is 1. The molecule has 11 heteroatoms. The largest absolute Gasteiger partial charge is 0.443 e. The average molecular weight is 408 g/mol. The fourth-order valence-corrected chi connectivity index (χ4v) is 2.38. The van der Waals surface area contributed by atoms with Crippen LogP contribution in [0, 0.1) is 5.82 Å². The Kier molecular flexibility index (Phi) is 4.57. The first-order valence-corrected chi connectivity index (χ1v) is 7.67. The second-order valence-electron chi connectivity index (χ2n) is 4.71. The van der Waals surface area contributed by atoms with Crippen molar-refractivity contribution in [2.75, 3.05) is 16.2 Å². The number of rotatable bonds is 4. The second-order valence-corrected chi connectivity index (χ2v) is 5.50. The molecule has 0 saturated carbocycles. The molecule has 0 aliphatic rings. The third-order valence-corrected chi connectivity index (χ3v) is 3.74. The fraction of sp³-hybridized carbons (Fsp3) is 0.0714. The summed E-state index contributed by atoms with van der Waals surface area (Å²) in [6.45, 7) is 1.24. The maximum Gasteiger partial charge on any atom is 0.246 e. The molecule has 3 aromatic heterocycles. The maximum absolute atomic E-state index is 14.0. The molecule has 3 rings (SSSR count). The molecule has 9 nitrogen and oxygen atoms in total. The Morgan fingerprint density at radius 1 is 1.36 bits per heavy atom. The first-order valence-electron chi connectivity index (χ1n) is 6.88. The summed E-state index contributed by atoms with van der Waals surface area (Å²) >= 11 is 3.31. The molecule has 0 aliphatic heterocycles. The van der Waals surface area contributed by atoms with Crippen LogP contribution in [0.4, 0.5) is 22.0 Å². The molecule has 25 heavy (non-hydrogen) atoms. The molecule has 0 bridgehead atoms. The molecule has 0 atom stereocenters. The van der Waals surface area contributed by atoms with Gasteiger partial charge in [0.1, 0.15) is 12.0 Å². The van der Waals surface area contributed by atoms with Crippen LogP contribution in [0.1, 0.15) is 6.92 Å². The van der Waals surface area contributed by atoms with Crippen LogP contribution in [0.25, 0.3) is 11.6 Å². The molecule has 0 unspecified atom stereocenters. The number of nitrogens with zero attached hydrogens (tertiary/aromatic N) is 5. The van der Waals surface area contributed by atoms with E-state index in [9.17, 15) is 9.18 Å². The standard InChI is InChI=1S/C14H11BrFN7O2/c1-7(24)23(12-8(16)3-2-4-18-12)22-11-9(15)10(20-14(17)21-11)13-19-5-6-25-13/h2-6H,1H3,(H3,17,20,21,22). The van der Waals surface area contributed by atoms with Gasteiger partial charge in [0.2, 0.25) is 17.7 Å². The third-order valence-electron chi connectivity index (χ3n) is 2.99. The van der Waals surface area contributed by atoms with Crippen LogP contribution in [0.3, 0.4) is 0 Å². The minimum Gasteiger partial charge on any atom is -0.443 e. The quantitative estimate of drug-likeness (QED) is 0.631. The molecule has 3 heterocycles. The third kappa shape index (κ3) is 3.40. The number of nitrogens with one attached hydrogen (secondary N) is 1. The number of aromatic nitrogens is 4. The van der Waals surface area contributed by atoms with E-state index in [1.807, 2.05) is 0 Å². The lowest BCUT2D eigenvalue weighted by Crippen LogP contribution is -2.36. The van der Waals surface area contributed by atoms with Crippen molar-refractivity contribution < 1.29 is 13.6 Å². The zero-order valence-corrected chi connectivity index (χ0v) is 14.4. The lowest BCUT2D eigenvalue weighted by Gasteiger charge is -2.22. The van der Waals surface area contributed by atoms with E-state index in [-0.39, 0.29) is 29.2 Å². The van der Waals surface area contributed by atoms with Gasteiger partial charge in [-0.1, -0.05) is 0 Å². The van der Waals surface area contributed by atoms with Gasteiger partial charge in [-0.3, -0.25) is 10.2 Å². The molecule has 128 valence electrons. The fourth-order valence-electron chi connectivity index (χ4n) is 1.95. The number of anilines is 3. The number of carbonyl (C=O) groups excluding carboxylic acids is 1. The van der Waals surface area contributed by atoms with E-state index in [1.165, 1.54) is 37.7 Å². The van der Waals surface area contributed by atoms with Crippen LogP contribution in [0.5, 0.6) is 0 Å². The summed E-state index contributed by atoms with van der Waals surface area (Å²) in [5.41, 5.74) is 8.66. The highest BCUT2D eigenvalue weighted by Crippen LogP contribution is 2.32. The summed E-state index contributed by atoms with van der Waals surface area (Å²) in [5, 5.41) is 0.904. The number of pyridine rings is 1. The molecule has 0 spiro atoms. The van der Waals surface area contributed by atoms with Crippen LogP contribution >= 0.6 is 15.9 Å². The SMILES string of the molecule is CC(=O)N(Nc1nc(N)nc(-c2ncco2)c1Br)c1ncccc1F. The van der Waals surface area contributed by atoms with Gasteiger partial charge in [-0.15, -0.1) is 0 Å². The van der Waals surface area contributed by atoms with Crippen molar-refractivity contribution in [3.05, 3.63) is 41.1 Å². The lowest BCUT2D eigenvalue weighted by molar-refractivity contribution is -0.116. The number of nitrogen functional groups attached to an aromatic ring is 1. The van der Waals surface area contributed by atoms with Gasteiger partial charge in [-0.2, -0.15) is 4.98 Å². The van der Waals surface area contributed by atoms with Gasteiger partial charge in [-0.25, -0.2) is 24.4 Å². The first-order chi connectivity index (χ1) is 12.0. The molecule has 0 aromatic carbocycles. The van der Waals surface area contributed by atoms with Crippen molar-refractivity contribution in [1.82, 2.24) is 19.9 Å². The Morgan fingerprint density at radius 3 is 2.80 bits per heavy atom. The van der Waals surface area contributed by atoms with Gasteiger partial charge in [0, 0.05) is 13.1 Å². The number of hydrogen-bond acceptors (Lipinski definition) is 8. The van der Waals surface area contributed by atoms with Crippen LogP contribution in [0.2, 0.25) is 0 Å². The minimum atomic E-state index is -0.684. The molecule has 0 radical (unpaired) electrons. The number of nitrogens with two attached hydrogens (primary N) is 1. The summed E-state index contributed by atoms with van der Waals surface area (Å²) in [7, 11) is 0. The van der Waals surface area contributed by atoms with E-state index in [2.05, 4.69) is 41.3 Å². The summed E-state index contributed by atoms with van der Waals surface area (Å²) in [6, 6.07) is 2.60. The Balaban J connectivity index is 2.04. The smallest absolute Gasteiger partial charge is 0.246 e. The lowest BCUT2D eigenvalue weighted by atomic mass is 10.4. The van der Waals surface area contributed by atoms with E-state index in [0.29, 0.717) is 4.47 Å². The van der Waals surface area contributed by atoms with E-state index in [0.717, 1.165) is 5.01 Å². The molecule has 3 N–H and O–H groups in total. The van der Waals surface area contributed by atoms with Crippen molar-refractivity contribution in [3.63, 3.8) is 0 Å². The molecular formula is C14H11BrFN7O2. The second kappa shape index (κ2) is 6.81. The zero-order chi connectivity index (χ0) is 18.0. The van der Waals surface area contributed by atoms with Crippen molar-refractivity contribution in [1.29, 1.82) is 0 Å². The highest BCUT2D eigenvalue weighted by Gasteiger charge is 2.22. The van der Waals surface area contributed by atoms with Crippen LogP contribution in [0.15, 0.2) is 39.7 Å². The Hall–Kier alpha value is -3.08.